The van der Waals surface area contributed by atoms with Gasteiger partial charge in [0.2, 0.25) is 12.7 Å². The number of Topliss-reactive ketones (excluding diaryl/α,β-unsaturated/α-hetero) is 1. The standard InChI is InChI=1S/C7H11N2O2.C7H11N2O.CH4/c1-8-3-4-9(6-8)5-7(10)11-2;1-7(10)5-9-4-3-8(2)6-9;/h3-4,6H,5H2,1-2H3;3-4,6H,5H2,1-2H3;1H4/q2*+1;. The Morgan fingerprint density at radius 1 is 1.00 bits per heavy atom. The number of aryl methyl sites for hydroxylation is 2. The third kappa shape index (κ3) is 7.37. The summed E-state index contributed by atoms with van der Waals surface area (Å²) in [7, 11) is 5.20. The fraction of sp³-hybridized carbons (Fsp3) is 0.467. The number of rotatable bonds is 4. The number of imidazole rings is 2. The smallest absolute Gasteiger partial charge is 0.348 e. The van der Waals surface area contributed by atoms with E-state index in [1.807, 2.05) is 65.2 Å². The molecule has 0 unspecified atom stereocenters. The SMILES string of the molecule is C.CC(=O)Cn1cc[n+](C)c1.COC(=O)Cn1cc[n+](C)c1. The van der Waals surface area contributed by atoms with Crippen LogP contribution < -0.4 is 9.13 Å². The fourth-order valence-corrected chi connectivity index (χ4v) is 1.66. The van der Waals surface area contributed by atoms with Gasteiger partial charge in [-0.1, -0.05) is 7.43 Å². The number of aromatic nitrogens is 4. The average molecular weight is 310 g/mol. The van der Waals surface area contributed by atoms with Crippen LogP contribution in [0.3, 0.4) is 0 Å². The topological polar surface area (TPSA) is 61.0 Å². The number of ether oxygens (including phenoxy) is 1. The monoisotopic (exact) mass is 310 g/mol. The van der Waals surface area contributed by atoms with E-state index in [1.165, 1.54) is 7.11 Å². The molecule has 0 saturated heterocycles. The lowest BCUT2D eigenvalue weighted by Crippen LogP contribution is -2.24. The van der Waals surface area contributed by atoms with E-state index < -0.39 is 0 Å². The van der Waals surface area contributed by atoms with E-state index in [0.29, 0.717) is 6.54 Å². The maximum Gasteiger partial charge on any atom is 0.348 e. The molecule has 0 aromatic carbocycles. The van der Waals surface area contributed by atoms with Crippen molar-refractivity contribution < 1.29 is 23.5 Å². The van der Waals surface area contributed by atoms with Crippen LogP contribution in [-0.2, 0) is 41.5 Å². The highest BCUT2D eigenvalue weighted by atomic mass is 16.5. The first-order valence-corrected chi connectivity index (χ1v) is 6.49. The van der Waals surface area contributed by atoms with Crippen molar-refractivity contribution in [2.24, 2.45) is 14.1 Å². The van der Waals surface area contributed by atoms with Crippen molar-refractivity contribution in [1.29, 1.82) is 0 Å². The molecule has 2 aromatic heterocycles. The Morgan fingerprint density at radius 3 is 1.77 bits per heavy atom. The summed E-state index contributed by atoms with van der Waals surface area (Å²) in [6.45, 7) is 2.33. The summed E-state index contributed by atoms with van der Waals surface area (Å²) in [6, 6.07) is 0. The highest BCUT2D eigenvalue weighted by Crippen LogP contribution is 1.85. The minimum Gasteiger partial charge on any atom is -0.466 e. The first-order valence-electron chi connectivity index (χ1n) is 6.49. The molecule has 0 aliphatic carbocycles. The molecule has 0 amide bonds. The van der Waals surface area contributed by atoms with E-state index in [4.69, 9.17) is 0 Å². The number of hydrogen-bond acceptors (Lipinski definition) is 3. The molecular formula is C15H26N4O3+2. The number of carbonyl (C=O) groups is 2. The molecule has 2 heterocycles. The summed E-state index contributed by atoms with van der Waals surface area (Å²) in [5.41, 5.74) is 0. The maximum absolute atomic E-state index is 10.7. The second-order valence-corrected chi connectivity index (χ2v) is 4.78. The quantitative estimate of drug-likeness (QED) is 0.591. The molecule has 0 spiro atoms. The van der Waals surface area contributed by atoms with E-state index in [1.54, 1.807) is 11.5 Å². The van der Waals surface area contributed by atoms with Crippen molar-refractivity contribution in [3.8, 4) is 0 Å². The molecule has 0 bridgehead atoms. The number of nitrogens with zero attached hydrogens (tertiary/aromatic N) is 4. The molecule has 0 N–H and O–H groups in total. The van der Waals surface area contributed by atoms with E-state index >= 15 is 0 Å². The zero-order valence-corrected chi connectivity index (χ0v) is 12.9. The Labute approximate surface area is 131 Å². The highest BCUT2D eigenvalue weighted by molar-refractivity contribution is 5.75. The van der Waals surface area contributed by atoms with Gasteiger partial charge >= 0.3 is 5.97 Å². The van der Waals surface area contributed by atoms with Gasteiger partial charge in [-0.25, -0.2) is 23.1 Å². The molecule has 2 rings (SSSR count). The third-order valence-corrected chi connectivity index (χ3v) is 2.59. The van der Waals surface area contributed by atoms with Crippen molar-refractivity contribution in [1.82, 2.24) is 9.13 Å². The molecule has 0 aliphatic rings. The van der Waals surface area contributed by atoms with E-state index in [-0.39, 0.29) is 25.7 Å². The fourth-order valence-electron chi connectivity index (χ4n) is 1.66. The van der Waals surface area contributed by atoms with Gasteiger partial charge in [-0.2, -0.15) is 0 Å². The summed E-state index contributed by atoms with van der Waals surface area (Å²) in [5, 5.41) is 0. The van der Waals surface area contributed by atoms with Crippen LogP contribution in [0.25, 0.3) is 0 Å². The molecule has 0 saturated carbocycles. The predicted octanol–water partition coefficient (Wildman–Crippen LogP) is 0.0233. The minimum atomic E-state index is -0.235. The molecule has 7 nitrogen and oxygen atoms in total. The van der Waals surface area contributed by atoms with E-state index in [2.05, 4.69) is 4.74 Å². The molecule has 0 radical (unpaired) electrons. The van der Waals surface area contributed by atoms with Crippen molar-refractivity contribution in [3.05, 3.63) is 37.4 Å². The highest BCUT2D eigenvalue weighted by Gasteiger charge is 2.06. The maximum atomic E-state index is 10.7. The Hall–Kier alpha value is -2.44. The van der Waals surface area contributed by atoms with Crippen LogP contribution in [-0.4, -0.2) is 28.0 Å². The summed E-state index contributed by atoms with van der Waals surface area (Å²) < 4.78 is 11.9. The molecular weight excluding hydrogens is 284 g/mol. The van der Waals surface area contributed by atoms with Crippen LogP contribution in [0.1, 0.15) is 14.4 Å². The first-order chi connectivity index (χ1) is 9.90. The lowest BCUT2D eigenvalue weighted by atomic mass is 10.4. The van der Waals surface area contributed by atoms with Gasteiger partial charge in [0.1, 0.15) is 31.3 Å². The van der Waals surface area contributed by atoms with Gasteiger partial charge in [-0.05, 0) is 6.92 Å². The third-order valence-electron chi connectivity index (χ3n) is 2.59. The van der Waals surface area contributed by atoms with Crippen LogP contribution >= 0.6 is 0 Å². The number of ketones is 1. The number of hydrogen-bond donors (Lipinski definition) is 0. The number of carbonyl (C=O) groups excluding carboxylic acids is 2. The lowest BCUT2D eigenvalue weighted by Gasteiger charge is -1.92. The van der Waals surface area contributed by atoms with Gasteiger partial charge in [0.05, 0.1) is 21.2 Å². The van der Waals surface area contributed by atoms with Crippen molar-refractivity contribution in [2.45, 2.75) is 27.4 Å². The van der Waals surface area contributed by atoms with Gasteiger partial charge in [-0.15, -0.1) is 0 Å². The minimum absolute atomic E-state index is 0. The number of methoxy groups -OCH3 is 1. The van der Waals surface area contributed by atoms with Gasteiger partial charge < -0.3 is 4.74 Å². The van der Waals surface area contributed by atoms with Crippen LogP contribution in [0.15, 0.2) is 37.4 Å². The van der Waals surface area contributed by atoms with Gasteiger partial charge in [0, 0.05) is 0 Å². The second-order valence-electron chi connectivity index (χ2n) is 4.78. The Balaban J connectivity index is 0.000000385. The molecule has 7 heteroatoms. The summed E-state index contributed by atoms with van der Waals surface area (Å²) >= 11 is 0. The Kier molecular flexibility index (Phi) is 8.44. The normalized spacial score (nSPS) is 9.27. The van der Waals surface area contributed by atoms with Gasteiger partial charge in [-0.3, -0.25) is 4.79 Å². The first kappa shape index (κ1) is 19.6. The lowest BCUT2D eigenvalue weighted by molar-refractivity contribution is -0.671. The van der Waals surface area contributed by atoms with Gasteiger partial charge in [0.25, 0.3) is 0 Å². The number of esters is 1. The van der Waals surface area contributed by atoms with E-state index in [9.17, 15) is 9.59 Å². The summed E-state index contributed by atoms with van der Waals surface area (Å²) in [6.07, 6.45) is 11.2. The van der Waals surface area contributed by atoms with Gasteiger partial charge in [0.15, 0.2) is 12.3 Å². The van der Waals surface area contributed by atoms with Crippen molar-refractivity contribution >= 4 is 11.8 Å². The molecule has 0 fully saturated rings. The zero-order chi connectivity index (χ0) is 15.8. The van der Waals surface area contributed by atoms with Crippen LogP contribution in [0.5, 0.6) is 0 Å². The molecule has 0 aliphatic heterocycles. The zero-order valence-electron chi connectivity index (χ0n) is 12.9. The molecule has 0 atom stereocenters. The van der Waals surface area contributed by atoms with Crippen LogP contribution in [0.2, 0.25) is 0 Å². The Bertz CT molecular complexity index is 601. The van der Waals surface area contributed by atoms with E-state index in [0.717, 1.165) is 0 Å². The Morgan fingerprint density at radius 2 is 1.45 bits per heavy atom. The predicted molar refractivity (Wildman–Crippen MR) is 80.6 cm³/mol. The molecule has 22 heavy (non-hydrogen) atoms. The van der Waals surface area contributed by atoms with Crippen molar-refractivity contribution in [2.75, 3.05) is 7.11 Å². The summed E-state index contributed by atoms with van der Waals surface area (Å²) in [5.74, 6) is -0.0580. The second kappa shape index (κ2) is 9.49. The summed E-state index contributed by atoms with van der Waals surface area (Å²) in [4.78, 5) is 21.3. The van der Waals surface area contributed by atoms with Crippen LogP contribution in [0.4, 0.5) is 0 Å². The van der Waals surface area contributed by atoms with Crippen molar-refractivity contribution in [3.63, 3.8) is 0 Å². The van der Waals surface area contributed by atoms with Crippen LogP contribution in [0, 0.1) is 0 Å². The average Bonchev–Trinajstić information content (AvgIpc) is 2.98. The molecule has 122 valence electrons. The molecule has 2 aromatic rings. The largest absolute Gasteiger partial charge is 0.466 e.